The highest BCUT2D eigenvalue weighted by Gasteiger charge is 2.20. The summed E-state index contributed by atoms with van der Waals surface area (Å²) in [5.74, 6) is -0.965. The number of carbonyl (C=O) groups excluding carboxylic acids is 2. The fourth-order valence-electron chi connectivity index (χ4n) is 2.10. The van der Waals surface area contributed by atoms with Crippen LogP contribution in [-0.4, -0.2) is 24.5 Å². The van der Waals surface area contributed by atoms with Crippen molar-refractivity contribution in [1.82, 2.24) is 5.32 Å². The third-order valence-corrected chi connectivity index (χ3v) is 3.94. The monoisotopic (exact) mass is 390 g/mol. The van der Waals surface area contributed by atoms with E-state index in [2.05, 4.69) is 21.2 Å². The largest absolute Gasteiger partial charge is 0.449 e. The van der Waals surface area contributed by atoms with E-state index in [9.17, 15) is 9.59 Å². The lowest BCUT2D eigenvalue weighted by molar-refractivity contribution is -0.129. The lowest BCUT2D eigenvalue weighted by Crippen LogP contribution is -2.37. The number of anilines is 1. The van der Waals surface area contributed by atoms with Crippen molar-refractivity contribution in [3.63, 3.8) is 0 Å². The molecule has 0 saturated heterocycles. The molecule has 2 aromatic rings. The molecule has 3 N–H and O–H groups in total. The number of nitrogen functional groups attached to an aromatic ring is 1. The molecule has 0 unspecified atom stereocenters. The van der Waals surface area contributed by atoms with Crippen LogP contribution in [0.1, 0.15) is 22.8 Å². The average molecular weight is 391 g/mol. The number of esters is 1. The van der Waals surface area contributed by atoms with Crippen LogP contribution in [0.15, 0.2) is 53.0 Å². The summed E-state index contributed by atoms with van der Waals surface area (Å²) in [6.45, 7) is 2.01. The summed E-state index contributed by atoms with van der Waals surface area (Å²) >= 11 is 3.27. The topological polar surface area (TPSA) is 81.4 Å². The number of hydrogen-bond donors (Lipinski definition) is 2. The van der Waals surface area contributed by atoms with E-state index in [1.165, 1.54) is 6.92 Å². The Morgan fingerprint density at radius 2 is 1.92 bits per heavy atom. The molecule has 6 heteroatoms. The quantitative estimate of drug-likeness (QED) is 0.586. The number of amides is 1. The molecule has 0 aliphatic carbocycles. The van der Waals surface area contributed by atoms with E-state index in [-0.39, 0.29) is 11.5 Å². The van der Waals surface area contributed by atoms with E-state index in [0.717, 1.165) is 5.56 Å². The van der Waals surface area contributed by atoms with Crippen LogP contribution in [0.3, 0.4) is 0 Å². The zero-order valence-corrected chi connectivity index (χ0v) is 14.9. The van der Waals surface area contributed by atoms with Gasteiger partial charge in [0, 0.05) is 16.7 Å². The molecule has 24 heavy (non-hydrogen) atoms. The lowest BCUT2D eigenvalue weighted by atomic mass is 10.1. The maximum absolute atomic E-state index is 12.1. The molecule has 1 amide bonds. The SMILES string of the molecule is C[C@H](OC(=O)c1cc(Br)ccc1N)C(=O)NCCc1ccccc1. The fraction of sp³-hybridized carbons (Fsp3) is 0.222. The fourth-order valence-corrected chi connectivity index (χ4v) is 2.46. The maximum Gasteiger partial charge on any atom is 0.341 e. The van der Waals surface area contributed by atoms with Gasteiger partial charge >= 0.3 is 5.97 Å². The van der Waals surface area contributed by atoms with Gasteiger partial charge in [-0.1, -0.05) is 46.3 Å². The normalized spacial score (nSPS) is 11.6. The molecule has 2 rings (SSSR count). The minimum Gasteiger partial charge on any atom is -0.449 e. The van der Waals surface area contributed by atoms with E-state index < -0.39 is 12.1 Å². The number of rotatable bonds is 6. The molecule has 5 nitrogen and oxygen atoms in total. The number of benzene rings is 2. The summed E-state index contributed by atoms with van der Waals surface area (Å²) in [6, 6.07) is 14.7. The molecular formula is C18H19BrN2O3. The number of hydrogen-bond acceptors (Lipinski definition) is 4. The first-order valence-corrected chi connectivity index (χ1v) is 8.34. The zero-order valence-electron chi connectivity index (χ0n) is 13.3. The highest BCUT2D eigenvalue weighted by Crippen LogP contribution is 2.19. The average Bonchev–Trinajstić information content (AvgIpc) is 2.57. The summed E-state index contributed by atoms with van der Waals surface area (Å²) in [5, 5.41) is 2.76. The predicted molar refractivity (Wildman–Crippen MR) is 96.6 cm³/mol. The summed E-state index contributed by atoms with van der Waals surface area (Å²) in [6.07, 6.45) is -0.183. The van der Waals surface area contributed by atoms with Crippen molar-refractivity contribution < 1.29 is 14.3 Å². The van der Waals surface area contributed by atoms with Crippen LogP contribution in [0.4, 0.5) is 5.69 Å². The van der Waals surface area contributed by atoms with Crippen LogP contribution < -0.4 is 11.1 Å². The summed E-state index contributed by atoms with van der Waals surface area (Å²) < 4.78 is 5.90. The number of nitrogens with one attached hydrogen (secondary N) is 1. The number of ether oxygens (including phenoxy) is 1. The Morgan fingerprint density at radius 1 is 1.21 bits per heavy atom. The second-order valence-corrected chi connectivity index (χ2v) is 6.22. The van der Waals surface area contributed by atoms with Crippen LogP contribution in [0.2, 0.25) is 0 Å². The van der Waals surface area contributed by atoms with Crippen molar-refractivity contribution in [3.05, 3.63) is 64.1 Å². The van der Waals surface area contributed by atoms with Crippen LogP contribution in [-0.2, 0) is 16.0 Å². The Labute approximate surface area is 149 Å². The van der Waals surface area contributed by atoms with Gasteiger partial charge in [-0.3, -0.25) is 4.79 Å². The first-order valence-electron chi connectivity index (χ1n) is 7.55. The number of carbonyl (C=O) groups is 2. The molecule has 0 heterocycles. The van der Waals surface area contributed by atoms with Gasteiger partial charge in [0.2, 0.25) is 0 Å². The van der Waals surface area contributed by atoms with Gasteiger partial charge in [-0.15, -0.1) is 0 Å². The van der Waals surface area contributed by atoms with Crippen molar-refractivity contribution in [2.24, 2.45) is 0 Å². The third kappa shape index (κ3) is 5.09. The predicted octanol–water partition coefficient (Wildman–Crippen LogP) is 2.94. The molecule has 0 radical (unpaired) electrons. The lowest BCUT2D eigenvalue weighted by Gasteiger charge is -2.14. The van der Waals surface area contributed by atoms with Gasteiger partial charge < -0.3 is 15.8 Å². The molecular weight excluding hydrogens is 372 g/mol. The van der Waals surface area contributed by atoms with E-state index in [1.807, 2.05) is 30.3 Å². The van der Waals surface area contributed by atoms with Gasteiger partial charge in [0.25, 0.3) is 5.91 Å². The number of halogens is 1. The Morgan fingerprint density at radius 3 is 2.62 bits per heavy atom. The Balaban J connectivity index is 1.84. The molecule has 1 atom stereocenters. The van der Waals surface area contributed by atoms with Gasteiger partial charge in [0.05, 0.1) is 5.56 Å². The van der Waals surface area contributed by atoms with E-state index in [1.54, 1.807) is 18.2 Å². The second-order valence-electron chi connectivity index (χ2n) is 5.31. The minimum absolute atomic E-state index is 0.230. The summed E-state index contributed by atoms with van der Waals surface area (Å²) in [7, 11) is 0. The number of nitrogens with two attached hydrogens (primary N) is 1. The van der Waals surface area contributed by atoms with Gasteiger partial charge in [-0.25, -0.2) is 4.79 Å². The van der Waals surface area contributed by atoms with Crippen molar-refractivity contribution in [1.29, 1.82) is 0 Å². The smallest absolute Gasteiger partial charge is 0.341 e. The van der Waals surface area contributed by atoms with Crippen molar-refractivity contribution >= 4 is 33.5 Å². The Hall–Kier alpha value is -2.34. The Kier molecular flexibility index (Phi) is 6.37. The van der Waals surface area contributed by atoms with Crippen LogP contribution in [0.25, 0.3) is 0 Å². The molecule has 0 aliphatic heterocycles. The maximum atomic E-state index is 12.1. The molecule has 0 aliphatic rings. The molecule has 0 bridgehead atoms. The van der Waals surface area contributed by atoms with Gasteiger partial charge in [0.1, 0.15) is 0 Å². The first-order chi connectivity index (χ1) is 11.5. The first kappa shape index (κ1) is 18.0. The van der Waals surface area contributed by atoms with Gasteiger partial charge in [-0.05, 0) is 37.1 Å². The van der Waals surface area contributed by atoms with E-state index >= 15 is 0 Å². The van der Waals surface area contributed by atoms with E-state index in [4.69, 9.17) is 10.5 Å². The molecule has 0 spiro atoms. The molecule has 0 fully saturated rings. The van der Waals surface area contributed by atoms with Crippen LogP contribution in [0.5, 0.6) is 0 Å². The van der Waals surface area contributed by atoms with Crippen molar-refractivity contribution in [3.8, 4) is 0 Å². The standard InChI is InChI=1S/C18H19BrN2O3/c1-12(17(22)21-10-9-13-5-3-2-4-6-13)24-18(23)15-11-14(19)7-8-16(15)20/h2-8,11-12H,9-10,20H2,1H3,(H,21,22)/t12-/m0/s1. The van der Waals surface area contributed by atoms with Crippen LogP contribution in [0, 0.1) is 0 Å². The molecule has 0 aromatic heterocycles. The molecule has 0 saturated carbocycles. The van der Waals surface area contributed by atoms with Crippen LogP contribution >= 0.6 is 15.9 Å². The van der Waals surface area contributed by atoms with E-state index in [0.29, 0.717) is 23.1 Å². The van der Waals surface area contributed by atoms with Gasteiger partial charge in [-0.2, -0.15) is 0 Å². The highest BCUT2D eigenvalue weighted by atomic mass is 79.9. The van der Waals surface area contributed by atoms with Crippen molar-refractivity contribution in [2.45, 2.75) is 19.4 Å². The zero-order chi connectivity index (χ0) is 17.5. The van der Waals surface area contributed by atoms with Crippen molar-refractivity contribution in [2.75, 3.05) is 12.3 Å². The molecule has 126 valence electrons. The van der Waals surface area contributed by atoms with Gasteiger partial charge in [0.15, 0.2) is 6.10 Å². The minimum atomic E-state index is -0.897. The molecule has 2 aromatic carbocycles. The second kappa shape index (κ2) is 8.49. The summed E-state index contributed by atoms with van der Waals surface area (Å²) in [4.78, 5) is 24.1. The third-order valence-electron chi connectivity index (χ3n) is 3.44. The Bertz CT molecular complexity index is 719. The summed E-state index contributed by atoms with van der Waals surface area (Å²) in [5.41, 5.74) is 7.43. The highest BCUT2D eigenvalue weighted by molar-refractivity contribution is 9.10.